The summed E-state index contributed by atoms with van der Waals surface area (Å²) in [5.74, 6) is -2.51. The third-order valence-corrected chi connectivity index (χ3v) is 2.63. The van der Waals surface area contributed by atoms with Crippen molar-refractivity contribution in [2.45, 2.75) is 6.92 Å². The number of carbonyl (C=O) groups excluding carboxylic acids is 1. The molecule has 1 heterocycles. The van der Waals surface area contributed by atoms with Crippen LogP contribution in [0.25, 0.3) is 0 Å². The van der Waals surface area contributed by atoms with Gasteiger partial charge in [-0.1, -0.05) is 11.6 Å². The topological polar surface area (TPSA) is 57.8 Å². The fourth-order valence-electron chi connectivity index (χ4n) is 1.35. The average molecular weight is 272 g/mol. The number of rotatable bonds is 2. The molecule has 2 N–H and O–H groups in total. The van der Waals surface area contributed by atoms with Crippen LogP contribution in [0.2, 0.25) is 5.02 Å². The van der Waals surface area contributed by atoms with E-state index in [1.807, 2.05) is 0 Å². The summed E-state index contributed by atoms with van der Waals surface area (Å²) in [6.45, 7) is 1.73. The number of hydrogen-bond acceptors (Lipinski definition) is 2. The number of H-pyrrole nitrogens is 1. The number of halogens is 3. The number of aromatic amines is 1. The second kappa shape index (κ2) is 4.73. The summed E-state index contributed by atoms with van der Waals surface area (Å²) in [5, 5.41) is 8.57. The molecule has 2 rings (SSSR count). The van der Waals surface area contributed by atoms with E-state index in [0.29, 0.717) is 11.4 Å². The number of nitrogens with one attached hydrogen (secondary N) is 2. The monoisotopic (exact) mass is 271 g/mol. The van der Waals surface area contributed by atoms with Gasteiger partial charge < -0.3 is 5.32 Å². The molecule has 0 aliphatic heterocycles. The standard InChI is InChI=1S/C11H8ClF2N3O/c1-5-4-15-17-10(5)16-11(18)6-2-8(13)9(14)3-7(6)12/h2-4H,1H3,(H2,15,16,17,18). The van der Waals surface area contributed by atoms with Crippen molar-refractivity contribution >= 4 is 23.3 Å². The van der Waals surface area contributed by atoms with Crippen LogP contribution in [0.15, 0.2) is 18.3 Å². The predicted molar refractivity (Wildman–Crippen MR) is 62.6 cm³/mol. The first-order valence-corrected chi connectivity index (χ1v) is 5.32. The lowest BCUT2D eigenvalue weighted by molar-refractivity contribution is 0.102. The van der Waals surface area contributed by atoms with E-state index < -0.39 is 17.5 Å². The Kier molecular flexibility index (Phi) is 3.29. The van der Waals surface area contributed by atoms with E-state index in [2.05, 4.69) is 15.5 Å². The van der Waals surface area contributed by atoms with Crippen molar-refractivity contribution in [3.8, 4) is 0 Å². The number of carbonyl (C=O) groups is 1. The van der Waals surface area contributed by atoms with E-state index in [1.54, 1.807) is 6.92 Å². The SMILES string of the molecule is Cc1cn[nH]c1NC(=O)c1cc(F)c(F)cc1Cl. The molecule has 0 radical (unpaired) electrons. The molecule has 18 heavy (non-hydrogen) atoms. The fraction of sp³-hybridized carbons (Fsp3) is 0.0909. The van der Waals surface area contributed by atoms with Gasteiger partial charge in [0.05, 0.1) is 16.8 Å². The second-order valence-corrected chi connectivity index (χ2v) is 4.04. The first kappa shape index (κ1) is 12.5. The van der Waals surface area contributed by atoms with Gasteiger partial charge in [0.15, 0.2) is 11.6 Å². The van der Waals surface area contributed by atoms with Gasteiger partial charge in [0.1, 0.15) is 5.82 Å². The number of amides is 1. The van der Waals surface area contributed by atoms with Gasteiger partial charge in [0.25, 0.3) is 5.91 Å². The van der Waals surface area contributed by atoms with Crippen molar-refractivity contribution in [1.82, 2.24) is 10.2 Å². The maximum Gasteiger partial charge on any atom is 0.258 e. The summed E-state index contributed by atoms with van der Waals surface area (Å²) in [6, 6.07) is 1.50. The Hall–Kier alpha value is -1.95. The second-order valence-electron chi connectivity index (χ2n) is 3.63. The summed E-state index contributed by atoms with van der Waals surface area (Å²) in [4.78, 5) is 11.8. The molecule has 4 nitrogen and oxygen atoms in total. The molecule has 7 heteroatoms. The Morgan fingerprint density at radius 2 is 2.06 bits per heavy atom. The normalized spacial score (nSPS) is 10.4. The highest BCUT2D eigenvalue weighted by Crippen LogP contribution is 2.21. The molecule has 0 spiro atoms. The van der Waals surface area contributed by atoms with Crippen LogP contribution >= 0.6 is 11.6 Å². The number of hydrogen-bond donors (Lipinski definition) is 2. The molecule has 2 aromatic rings. The average Bonchev–Trinajstić information content (AvgIpc) is 2.69. The van der Waals surface area contributed by atoms with Crippen molar-refractivity contribution in [3.05, 3.63) is 46.1 Å². The summed E-state index contributed by atoms with van der Waals surface area (Å²) in [7, 11) is 0. The first-order chi connectivity index (χ1) is 8.49. The van der Waals surface area contributed by atoms with E-state index in [-0.39, 0.29) is 10.6 Å². The first-order valence-electron chi connectivity index (χ1n) is 4.95. The van der Waals surface area contributed by atoms with Crippen molar-refractivity contribution in [3.63, 3.8) is 0 Å². The van der Waals surface area contributed by atoms with Crippen LogP contribution in [0.5, 0.6) is 0 Å². The van der Waals surface area contributed by atoms with Crippen LogP contribution in [0.3, 0.4) is 0 Å². The van der Waals surface area contributed by atoms with Crippen molar-refractivity contribution in [2.75, 3.05) is 5.32 Å². The van der Waals surface area contributed by atoms with Gasteiger partial charge in [-0.25, -0.2) is 8.78 Å². The molecule has 0 unspecified atom stereocenters. The van der Waals surface area contributed by atoms with Crippen LogP contribution < -0.4 is 5.32 Å². The minimum Gasteiger partial charge on any atom is -0.307 e. The highest BCUT2D eigenvalue weighted by molar-refractivity contribution is 6.34. The van der Waals surface area contributed by atoms with Crippen molar-refractivity contribution < 1.29 is 13.6 Å². The van der Waals surface area contributed by atoms with E-state index in [4.69, 9.17) is 11.6 Å². The summed E-state index contributed by atoms with van der Waals surface area (Å²) < 4.78 is 25.9. The highest BCUT2D eigenvalue weighted by atomic mass is 35.5. The molecule has 0 saturated heterocycles. The molecule has 0 aliphatic rings. The predicted octanol–water partition coefficient (Wildman–Crippen LogP) is 2.90. The number of aryl methyl sites for hydroxylation is 1. The van der Waals surface area contributed by atoms with Gasteiger partial charge in [-0.2, -0.15) is 5.10 Å². The Morgan fingerprint density at radius 3 is 2.67 bits per heavy atom. The summed E-state index contributed by atoms with van der Waals surface area (Å²) in [6.07, 6.45) is 1.52. The molecule has 0 bridgehead atoms. The zero-order chi connectivity index (χ0) is 13.3. The fourth-order valence-corrected chi connectivity index (χ4v) is 1.59. The molecule has 0 aliphatic carbocycles. The number of benzene rings is 1. The molecule has 1 amide bonds. The van der Waals surface area contributed by atoms with Crippen LogP contribution in [-0.2, 0) is 0 Å². The smallest absolute Gasteiger partial charge is 0.258 e. The van der Waals surface area contributed by atoms with Crippen LogP contribution in [0.1, 0.15) is 15.9 Å². The number of aromatic nitrogens is 2. The maximum absolute atomic E-state index is 13.0. The molecule has 0 saturated carbocycles. The lowest BCUT2D eigenvalue weighted by Crippen LogP contribution is -2.14. The summed E-state index contributed by atoms with van der Waals surface area (Å²) >= 11 is 5.68. The number of nitrogens with zero attached hydrogens (tertiary/aromatic N) is 1. The quantitative estimate of drug-likeness (QED) is 0.825. The molecular formula is C11H8ClF2N3O. The maximum atomic E-state index is 13.0. The molecule has 1 aromatic carbocycles. The minimum absolute atomic E-state index is 0.149. The Morgan fingerprint density at radius 1 is 1.39 bits per heavy atom. The third-order valence-electron chi connectivity index (χ3n) is 2.32. The van der Waals surface area contributed by atoms with E-state index in [0.717, 1.165) is 12.1 Å². The Balaban J connectivity index is 2.30. The van der Waals surface area contributed by atoms with E-state index in [9.17, 15) is 13.6 Å². The molecular weight excluding hydrogens is 264 g/mol. The zero-order valence-electron chi connectivity index (χ0n) is 9.22. The minimum atomic E-state index is -1.13. The largest absolute Gasteiger partial charge is 0.307 e. The van der Waals surface area contributed by atoms with Crippen molar-refractivity contribution in [1.29, 1.82) is 0 Å². The van der Waals surface area contributed by atoms with Gasteiger partial charge in [-0.05, 0) is 19.1 Å². The van der Waals surface area contributed by atoms with Gasteiger partial charge in [0, 0.05) is 5.56 Å². The van der Waals surface area contributed by atoms with E-state index >= 15 is 0 Å². The molecule has 0 fully saturated rings. The Bertz CT molecular complexity index is 612. The lowest BCUT2D eigenvalue weighted by Gasteiger charge is -2.06. The Labute approximate surface area is 106 Å². The molecule has 0 atom stereocenters. The van der Waals surface area contributed by atoms with Crippen LogP contribution in [-0.4, -0.2) is 16.1 Å². The van der Waals surface area contributed by atoms with E-state index in [1.165, 1.54) is 6.20 Å². The van der Waals surface area contributed by atoms with Crippen LogP contribution in [0, 0.1) is 18.6 Å². The van der Waals surface area contributed by atoms with Gasteiger partial charge in [-0.15, -0.1) is 0 Å². The van der Waals surface area contributed by atoms with Crippen LogP contribution in [0.4, 0.5) is 14.6 Å². The van der Waals surface area contributed by atoms with Gasteiger partial charge in [-0.3, -0.25) is 9.89 Å². The lowest BCUT2D eigenvalue weighted by atomic mass is 10.2. The molecule has 1 aromatic heterocycles. The van der Waals surface area contributed by atoms with Gasteiger partial charge >= 0.3 is 0 Å². The number of anilines is 1. The highest BCUT2D eigenvalue weighted by Gasteiger charge is 2.16. The van der Waals surface area contributed by atoms with Crippen molar-refractivity contribution in [2.24, 2.45) is 0 Å². The van der Waals surface area contributed by atoms with Gasteiger partial charge in [0.2, 0.25) is 0 Å². The molecule has 94 valence electrons. The zero-order valence-corrected chi connectivity index (χ0v) is 9.98. The summed E-state index contributed by atoms with van der Waals surface area (Å²) in [5.41, 5.74) is 0.562. The third kappa shape index (κ3) is 2.33.